The van der Waals surface area contributed by atoms with Crippen LogP contribution in [0.15, 0.2) is 71.5 Å². The average Bonchev–Trinajstić information content (AvgIpc) is 2.92. The van der Waals surface area contributed by atoms with Crippen molar-refractivity contribution in [2.24, 2.45) is 0 Å². The second kappa shape index (κ2) is 9.87. The van der Waals surface area contributed by atoms with Crippen molar-refractivity contribution in [3.8, 4) is 17.0 Å². The molecule has 2 heterocycles. The average molecular weight is 491 g/mol. The summed E-state index contributed by atoms with van der Waals surface area (Å²) in [7, 11) is 1.58. The number of fused-ring (bicyclic) bond motifs is 1. The number of aromatic nitrogens is 2. The van der Waals surface area contributed by atoms with Crippen LogP contribution in [0.2, 0.25) is 0 Å². The highest BCUT2D eigenvalue weighted by Crippen LogP contribution is 2.26. The molecular weight excluding hydrogens is 466 g/mol. The number of halogens is 2. The van der Waals surface area contributed by atoms with Crippen LogP contribution in [-0.4, -0.2) is 58.8 Å². The molecule has 7 nitrogen and oxygen atoms in total. The van der Waals surface area contributed by atoms with Gasteiger partial charge in [-0.25, -0.2) is 13.5 Å². The lowest BCUT2D eigenvalue weighted by atomic mass is 10.0. The topological polar surface area (TPSA) is 67.7 Å². The highest BCUT2D eigenvalue weighted by Gasteiger charge is 2.23. The number of methoxy groups -OCH3 is 1. The Balaban J connectivity index is 1.36. The molecule has 3 aromatic carbocycles. The minimum Gasteiger partial charge on any atom is -0.497 e. The molecule has 9 heteroatoms. The number of piperazine rings is 1. The summed E-state index contributed by atoms with van der Waals surface area (Å²) in [6.07, 6.45) is 0. The van der Waals surface area contributed by atoms with Crippen LogP contribution >= 0.6 is 0 Å². The fourth-order valence-electron chi connectivity index (χ4n) is 4.39. The number of carbonyl (C=O) groups is 1. The molecule has 1 fully saturated rings. The fourth-order valence-corrected chi connectivity index (χ4v) is 4.39. The van der Waals surface area contributed by atoms with Crippen molar-refractivity contribution in [1.29, 1.82) is 0 Å². The molecule has 0 N–H and O–H groups in total. The van der Waals surface area contributed by atoms with E-state index >= 15 is 0 Å². The van der Waals surface area contributed by atoms with Crippen molar-refractivity contribution in [2.45, 2.75) is 6.67 Å². The first-order valence-electron chi connectivity index (χ1n) is 11.6. The first-order valence-corrected chi connectivity index (χ1v) is 11.6. The molecule has 5 rings (SSSR count). The third-order valence-corrected chi connectivity index (χ3v) is 6.39. The largest absolute Gasteiger partial charge is 0.497 e. The van der Waals surface area contributed by atoms with E-state index < -0.39 is 11.6 Å². The zero-order chi connectivity index (χ0) is 25.2. The van der Waals surface area contributed by atoms with Crippen LogP contribution in [-0.2, 0) is 6.67 Å². The normalized spacial score (nSPS) is 14.2. The first kappa shape index (κ1) is 23.6. The molecule has 1 amide bonds. The Kier molecular flexibility index (Phi) is 6.47. The minimum absolute atomic E-state index is 0.0566. The first-order chi connectivity index (χ1) is 17.4. The molecule has 1 aliphatic heterocycles. The number of rotatable bonds is 5. The summed E-state index contributed by atoms with van der Waals surface area (Å²) in [5.74, 6) is -1.29. The predicted octanol–water partition coefficient (Wildman–Crippen LogP) is 3.77. The van der Waals surface area contributed by atoms with Gasteiger partial charge in [-0.1, -0.05) is 18.2 Å². The van der Waals surface area contributed by atoms with E-state index in [-0.39, 0.29) is 18.1 Å². The summed E-state index contributed by atoms with van der Waals surface area (Å²) in [6.45, 7) is 2.34. The van der Waals surface area contributed by atoms with E-state index in [1.807, 2.05) is 4.90 Å². The third kappa shape index (κ3) is 4.57. The number of carbonyl (C=O) groups excluding carboxylic acids is 1. The molecule has 184 valence electrons. The van der Waals surface area contributed by atoms with Crippen molar-refractivity contribution in [2.75, 3.05) is 33.3 Å². The van der Waals surface area contributed by atoms with E-state index in [4.69, 9.17) is 4.74 Å². The summed E-state index contributed by atoms with van der Waals surface area (Å²) in [5.41, 5.74) is 1.10. The van der Waals surface area contributed by atoms with Crippen LogP contribution in [0.3, 0.4) is 0 Å². The van der Waals surface area contributed by atoms with Gasteiger partial charge in [0, 0.05) is 42.7 Å². The third-order valence-electron chi connectivity index (χ3n) is 6.39. The highest BCUT2D eigenvalue weighted by molar-refractivity contribution is 5.94. The lowest BCUT2D eigenvalue weighted by Gasteiger charge is -2.34. The monoisotopic (exact) mass is 490 g/mol. The van der Waals surface area contributed by atoms with E-state index in [9.17, 15) is 18.4 Å². The zero-order valence-corrected chi connectivity index (χ0v) is 19.7. The molecule has 4 aromatic rings. The second-order valence-corrected chi connectivity index (χ2v) is 8.61. The van der Waals surface area contributed by atoms with Crippen LogP contribution in [0, 0.1) is 11.6 Å². The van der Waals surface area contributed by atoms with Crippen molar-refractivity contribution in [3.05, 3.63) is 94.3 Å². The Morgan fingerprint density at radius 1 is 0.917 bits per heavy atom. The van der Waals surface area contributed by atoms with Gasteiger partial charge < -0.3 is 9.64 Å². The van der Waals surface area contributed by atoms with E-state index in [0.29, 0.717) is 59.5 Å². The minimum atomic E-state index is -0.978. The van der Waals surface area contributed by atoms with Gasteiger partial charge >= 0.3 is 0 Å². The molecule has 0 spiro atoms. The summed E-state index contributed by atoms with van der Waals surface area (Å²) >= 11 is 0. The Bertz CT molecular complexity index is 1480. The van der Waals surface area contributed by atoms with Gasteiger partial charge in [0.25, 0.3) is 11.5 Å². The van der Waals surface area contributed by atoms with Gasteiger partial charge in [-0.3, -0.25) is 14.5 Å². The lowest BCUT2D eigenvalue weighted by molar-refractivity contribution is 0.0583. The maximum absolute atomic E-state index is 14.0. The Morgan fingerprint density at radius 3 is 2.28 bits per heavy atom. The SMILES string of the molecule is COc1ccc(C(=O)N2CCN(Cn3nc(-c4ccc(F)c(F)c4)c4ccccc4c3=O)CC2)cc1. The maximum Gasteiger partial charge on any atom is 0.275 e. The highest BCUT2D eigenvalue weighted by atomic mass is 19.2. The number of amides is 1. The molecule has 1 saturated heterocycles. The van der Waals surface area contributed by atoms with Gasteiger partial charge in [-0.15, -0.1) is 0 Å². The van der Waals surface area contributed by atoms with Crippen LogP contribution in [0.1, 0.15) is 10.4 Å². The van der Waals surface area contributed by atoms with E-state index in [0.717, 1.165) is 12.1 Å². The molecule has 0 saturated carbocycles. The van der Waals surface area contributed by atoms with E-state index in [2.05, 4.69) is 5.10 Å². The molecule has 0 atom stereocenters. The molecule has 36 heavy (non-hydrogen) atoms. The molecule has 0 aliphatic carbocycles. The van der Waals surface area contributed by atoms with Gasteiger partial charge in [0.05, 0.1) is 24.9 Å². The molecule has 0 radical (unpaired) electrons. The Labute approximate surface area is 206 Å². The van der Waals surface area contributed by atoms with Crippen molar-refractivity contribution in [3.63, 3.8) is 0 Å². The summed E-state index contributed by atoms with van der Waals surface area (Å²) in [4.78, 5) is 29.9. The van der Waals surface area contributed by atoms with Crippen LogP contribution in [0.25, 0.3) is 22.0 Å². The van der Waals surface area contributed by atoms with Gasteiger partial charge in [0.15, 0.2) is 11.6 Å². The lowest BCUT2D eigenvalue weighted by Crippen LogP contribution is -2.50. The number of nitrogens with zero attached hydrogens (tertiary/aromatic N) is 4. The summed E-state index contributed by atoms with van der Waals surface area (Å²) in [5, 5.41) is 5.55. The Morgan fingerprint density at radius 2 is 1.61 bits per heavy atom. The van der Waals surface area contributed by atoms with Crippen LogP contribution in [0.4, 0.5) is 8.78 Å². The van der Waals surface area contributed by atoms with Crippen LogP contribution < -0.4 is 10.3 Å². The van der Waals surface area contributed by atoms with Crippen molar-refractivity contribution < 1.29 is 18.3 Å². The predicted molar refractivity (Wildman–Crippen MR) is 132 cm³/mol. The van der Waals surface area contributed by atoms with Crippen molar-refractivity contribution >= 4 is 16.7 Å². The smallest absolute Gasteiger partial charge is 0.275 e. The van der Waals surface area contributed by atoms with Gasteiger partial charge in [0.1, 0.15) is 5.75 Å². The van der Waals surface area contributed by atoms with E-state index in [1.165, 1.54) is 10.7 Å². The Hall–Kier alpha value is -4.11. The van der Waals surface area contributed by atoms with Gasteiger partial charge in [-0.2, -0.15) is 5.10 Å². The molecule has 1 aliphatic rings. The maximum atomic E-state index is 14.0. The van der Waals surface area contributed by atoms with Crippen molar-refractivity contribution in [1.82, 2.24) is 19.6 Å². The van der Waals surface area contributed by atoms with Crippen LogP contribution in [0.5, 0.6) is 5.75 Å². The molecular formula is C27H24F2N4O3. The molecule has 0 unspecified atom stereocenters. The number of ether oxygens (including phenoxy) is 1. The quantitative estimate of drug-likeness (QED) is 0.426. The zero-order valence-electron chi connectivity index (χ0n) is 19.7. The second-order valence-electron chi connectivity index (χ2n) is 8.61. The standard InChI is InChI=1S/C27H24F2N4O3/c1-36-20-9-6-18(7-10-20)26(34)32-14-12-31(13-15-32)17-33-27(35)22-5-3-2-4-21(22)25(30-33)19-8-11-23(28)24(29)16-19/h2-11,16H,12-15,17H2,1H3. The fraction of sp³-hybridized carbons (Fsp3) is 0.222. The van der Waals surface area contributed by atoms with Gasteiger partial charge in [0.2, 0.25) is 0 Å². The van der Waals surface area contributed by atoms with E-state index in [1.54, 1.807) is 60.5 Å². The number of hydrogen-bond acceptors (Lipinski definition) is 5. The summed E-state index contributed by atoms with van der Waals surface area (Å²) < 4.78 is 34.0. The molecule has 0 bridgehead atoms. The van der Waals surface area contributed by atoms with Gasteiger partial charge in [-0.05, 0) is 48.5 Å². The molecule has 1 aromatic heterocycles. The number of benzene rings is 3. The summed E-state index contributed by atoms with van der Waals surface area (Å²) in [6, 6.07) is 17.6. The number of hydrogen-bond donors (Lipinski definition) is 0.